The Morgan fingerprint density at radius 1 is 1.00 bits per heavy atom. The van der Waals surface area contributed by atoms with Crippen LogP contribution in [0.25, 0.3) is 0 Å². The van der Waals surface area contributed by atoms with Gasteiger partial charge < -0.3 is 4.74 Å². The molecule has 0 bridgehead atoms. The highest BCUT2D eigenvalue weighted by atomic mass is 32.2. The number of carbonyl (C=O) groups excluding carboxylic acids is 2. The predicted molar refractivity (Wildman–Crippen MR) is 121 cm³/mol. The van der Waals surface area contributed by atoms with Crippen molar-refractivity contribution in [2.45, 2.75) is 32.1 Å². The number of amides is 2. The number of sulfonamides is 1. The molecule has 0 saturated carbocycles. The lowest BCUT2D eigenvalue weighted by Crippen LogP contribution is -2.43. The van der Waals surface area contributed by atoms with E-state index in [1.54, 1.807) is 25.1 Å². The molecule has 2 unspecified atom stereocenters. The molecule has 0 aromatic heterocycles. The van der Waals surface area contributed by atoms with E-state index in [9.17, 15) is 18.0 Å². The number of nitrogens with zero attached hydrogens (tertiary/aromatic N) is 1. The van der Waals surface area contributed by atoms with Crippen LogP contribution in [0.5, 0.6) is 5.75 Å². The summed E-state index contributed by atoms with van der Waals surface area (Å²) < 4.78 is 33.5. The molecule has 172 valence electrons. The lowest BCUT2D eigenvalue weighted by molar-refractivity contribution is 0.0846. The number of hydrazine groups is 1. The van der Waals surface area contributed by atoms with Gasteiger partial charge in [-0.1, -0.05) is 32.0 Å². The average molecular weight is 460 g/mol. The zero-order valence-electron chi connectivity index (χ0n) is 18.7. The third-order valence-corrected chi connectivity index (χ3v) is 7.41. The topological polar surface area (TPSA) is 105 Å². The maximum absolute atomic E-state index is 13.4. The van der Waals surface area contributed by atoms with Crippen molar-refractivity contribution in [1.82, 2.24) is 15.2 Å². The maximum atomic E-state index is 13.4. The van der Waals surface area contributed by atoms with E-state index in [0.29, 0.717) is 18.7 Å². The Morgan fingerprint density at radius 3 is 2.25 bits per heavy atom. The molecule has 1 aliphatic rings. The lowest BCUT2D eigenvalue weighted by atomic mass is 9.94. The van der Waals surface area contributed by atoms with Crippen molar-refractivity contribution in [3.05, 3.63) is 59.2 Å². The Bertz CT molecular complexity index is 1110. The third-order valence-electron chi connectivity index (χ3n) is 5.56. The zero-order valence-corrected chi connectivity index (χ0v) is 19.5. The Labute approximate surface area is 189 Å². The standard InChI is InChI=1S/C23H29N3O5S/c1-15-11-16(2)14-26(13-15)32(29,30)21-12-18(9-10-20(21)31-4)22(27)24-25-23(28)19-8-6-5-7-17(19)3/h5-10,12,15-16H,11,13-14H2,1-4H3,(H,24,27)(H,25,28). The summed E-state index contributed by atoms with van der Waals surface area (Å²) in [6.45, 7) is 6.67. The second-order valence-corrected chi connectivity index (χ2v) is 10.3. The van der Waals surface area contributed by atoms with E-state index >= 15 is 0 Å². The van der Waals surface area contributed by atoms with Gasteiger partial charge in [-0.3, -0.25) is 20.4 Å². The fourth-order valence-electron chi connectivity index (χ4n) is 4.04. The highest BCUT2D eigenvalue weighted by Crippen LogP contribution is 2.32. The van der Waals surface area contributed by atoms with Gasteiger partial charge in [-0.05, 0) is 55.0 Å². The highest BCUT2D eigenvalue weighted by molar-refractivity contribution is 7.89. The Morgan fingerprint density at radius 2 is 1.62 bits per heavy atom. The van der Waals surface area contributed by atoms with E-state index in [0.717, 1.165) is 12.0 Å². The molecule has 2 N–H and O–H groups in total. The maximum Gasteiger partial charge on any atom is 0.269 e. The quantitative estimate of drug-likeness (QED) is 0.669. The first-order chi connectivity index (χ1) is 15.1. The van der Waals surface area contributed by atoms with Crippen LogP contribution in [0.1, 0.15) is 46.5 Å². The van der Waals surface area contributed by atoms with Crippen LogP contribution in [-0.2, 0) is 10.0 Å². The summed E-state index contributed by atoms with van der Waals surface area (Å²) in [6.07, 6.45) is 0.964. The van der Waals surface area contributed by atoms with Crippen molar-refractivity contribution in [1.29, 1.82) is 0 Å². The van der Waals surface area contributed by atoms with Crippen LogP contribution >= 0.6 is 0 Å². The summed E-state index contributed by atoms with van der Waals surface area (Å²) in [5, 5.41) is 0. The largest absolute Gasteiger partial charge is 0.495 e. The van der Waals surface area contributed by atoms with Crippen LogP contribution in [0, 0.1) is 18.8 Å². The molecule has 0 spiro atoms. The van der Waals surface area contributed by atoms with Gasteiger partial charge >= 0.3 is 0 Å². The molecule has 32 heavy (non-hydrogen) atoms. The smallest absolute Gasteiger partial charge is 0.269 e. The molecule has 1 fully saturated rings. The van der Waals surface area contributed by atoms with Crippen molar-refractivity contribution in [3.8, 4) is 5.75 Å². The number of carbonyl (C=O) groups is 2. The molecule has 2 amide bonds. The summed E-state index contributed by atoms with van der Waals surface area (Å²) in [6, 6.07) is 11.2. The number of hydrogen-bond donors (Lipinski definition) is 2. The van der Waals surface area contributed by atoms with E-state index in [2.05, 4.69) is 10.9 Å². The van der Waals surface area contributed by atoms with Gasteiger partial charge in [0.2, 0.25) is 10.0 Å². The van der Waals surface area contributed by atoms with Crippen LogP contribution in [0.4, 0.5) is 0 Å². The van der Waals surface area contributed by atoms with Crippen molar-refractivity contribution >= 4 is 21.8 Å². The van der Waals surface area contributed by atoms with Crippen molar-refractivity contribution in [2.75, 3.05) is 20.2 Å². The van der Waals surface area contributed by atoms with Crippen molar-refractivity contribution in [3.63, 3.8) is 0 Å². The van der Waals surface area contributed by atoms with Gasteiger partial charge in [0.15, 0.2) is 0 Å². The van der Waals surface area contributed by atoms with Crippen molar-refractivity contribution < 1.29 is 22.7 Å². The minimum absolute atomic E-state index is 0.0702. The molecule has 1 aliphatic heterocycles. The number of aryl methyl sites for hydroxylation is 1. The molecular formula is C23H29N3O5S. The zero-order chi connectivity index (χ0) is 23.5. The van der Waals surface area contributed by atoms with Crippen LogP contribution in [-0.4, -0.2) is 44.7 Å². The van der Waals surface area contributed by atoms with Gasteiger partial charge in [-0.15, -0.1) is 0 Å². The van der Waals surface area contributed by atoms with E-state index in [4.69, 9.17) is 4.74 Å². The number of hydrogen-bond acceptors (Lipinski definition) is 5. The first-order valence-corrected chi connectivity index (χ1v) is 11.9. The van der Waals surface area contributed by atoms with Crippen LogP contribution < -0.4 is 15.6 Å². The number of nitrogens with one attached hydrogen (secondary N) is 2. The molecule has 1 heterocycles. The summed E-state index contributed by atoms with van der Waals surface area (Å²) in [4.78, 5) is 24.9. The Balaban J connectivity index is 1.82. The first kappa shape index (κ1) is 23.7. The number of benzene rings is 2. The van der Waals surface area contributed by atoms with E-state index < -0.39 is 21.8 Å². The molecule has 2 aromatic rings. The molecule has 2 aromatic carbocycles. The van der Waals surface area contributed by atoms with Gasteiger partial charge in [-0.2, -0.15) is 4.31 Å². The first-order valence-electron chi connectivity index (χ1n) is 10.5. The second kappa shape index (κ2) is 9.70. The van der Waals surface area contributed by atoms with Gasteiger partial charge in [0.05, 0.1) is 7.11 Å². The molecule has 3 rings (SSSR count). The Kier molecular flexibility index (Phi) is 7.20. The number of methoxy groups -OCH3 is 1. The van der Waals surface area contributed by atoms with Gasteiger partial charge in [0, 0.05) is 24.2 Å². The number of piperidine rings is 1. The molecule has 8 nitrogen and oxygen atoms in total. The average Bonchev–Trinajstić information content (AvgIpc) is 2.76. The van der Waals surface area contributed by atoms with Crippen LogP contribution in [0.15, 0.2) is 47.4 Å². The molecule has 1 saturated heterocycles. The van der Waals surface area contributed by atoms with E-state index in [1.165, 1.54) is 29.6 Å². The monoisotopic (exact) mass is 459 g/mol. The van der Waals surface area contributed by atoms with Gasteiger partial charge in [-0.25, -0.2) is 8.42 Å². The molecular weight excluding hydrogens is 430 g/mol. The normalized spacial score (nSPS) is 19.2. The van der Waals surface area contributed by atoms with E-state index in [1.807, 2.05) is 19.9 Å². The molecule has 2 atom stereocenters. The van der Waals surface area contributed by atoms with Gasteiger partial charge in [0.1, 0.15) is 10.6 Å². The summed E-state index contributed by atoms with van der Waals surface area (Å²) in [5.74, 6) is -0.456. The van der Waals surface area contributed by atoms with Crippen molar-refractivity contribution in [2.24, 2.45) is 11.8 Å². The lowest BCUT2D eigenvalue weighted by Gasteiger charge is -2.34. The second-order valence-electron chi connectivity index (χ2n) is 8.36. The summed E-state index contributed by atoms with van der Waals surface area (Å²) in [5.41, 5.74) is 6.00. The summed E-state index contributed by atoms with van der Waals surface area (Å²) >= 11 is 0. The van der Waals surface area contributed by atoms with E-state index in [-0.39, 0.29) is 28.0 Å². The summed E-state index contributed by atoms with van der Waals surface area (Å²) in [7, 11) is -2.48. The highest BCUT2D eigenvalue weighted by Gasteiger charge is 2.34. The predicted octanol–water partition coefficient (Wildman–Crippen LogP) is 2.75. The minimum Gasteiger partial charge on any atom is -0.495 e. The Hall–Kier alpha value is -2.91. The third kappa shape index (κ3) is 5.11. The fourth-order valence-corrected chi connectivity index (χ4v) is 5.90. The molecule has 0 aliphatic carbocycles. The van der Waals surface area contributed by atoms with Crippen LogP contribution in [0.2, 0.25) is 0 Å². The van der Waals surface area contributed by atoms with Crippen LogP contribution in [0.3, 0.4) is 0 Å². The SMILES string of the molecule is COc1ccc(C(=O)NNC(=O)c2ccccc2C)cc1S(=O)(=O)N1CC(C)CC(C)C1. The number of ether oxygens (including phenoxy) is 1. The molecule has 0 radical (unpaired) electrons. The minimum atomic E-state index is -3.87. The molecule has 9 heteroatoms. The number of rotatable bonds is 5. The van der Waals surface area contributed by atoms with Gasteiger partial charge in [0.25, 0.3) is 11.8 Å². The fraction of sp³-hybridized carbons (Fsp3) is 0.391.